The second-order valence-corrected chi connectivity index (χ2v) is 7.58. The third-order valence-corrected chi connectivity index (χ3v) is 4.26. The van der Waals surface area contributed by atoms with Crippen LogP contribution in [0, 0.1) is 13.8 Å². The lowest BCUT2D eigenvalue weighted by molar-refractivity contribution is 0.0534. The van der Waals surface area contributed by atoms with Crippen LogP contribution in [0.4, 0.5) is 4.79 Å². The molecule has 140 valence electrons. The third-order valence-electron chi connectivity index (χ3n) is 4.26. The lowest BCUT2D eigenvalue weighted by Gasteiger charge is -2.20. The molecule has 0 bridgehead atoms. The molecule has 0 aliphatic rings. The molecule has 2 heterocycles. The van der Waals surface area contributed by atoms with E-state index in [1.165, 1.54) is 4.57 Å². The Morgan fingerprint density at radius 1 is 0.963 bits per heavy atom. The van der Waals surface area contributed by atoms with Crippen molar-refractivity contribution < 1.29 is 9.53 Å². The Morgan fingerprint density at radius 3 is 2.26 bits per heavy atom. The molecular formula is C22H24N2O3. The average Bonchev–Trinajstić information content (AvgIpc) is 2.90. The molecule has 0 saturated heterocycles. The molecule has 5 nitrogen and oxygen atoms in total. The van der Waals surface area contributed by atoms with Crippen LogP contribution >= 0.6 is 0 Å². The minimum Gasteiger partial charge on any atom is -0.443 e. The van der Waals surface area contributed by atoms with E-state index in [0.717, 1.165) is 28.1 Å². The maximum absolute atomic E-state index is 12.5. The van der Waals surface area contributed by atoms with E-state index in [0.29, 0.717) is 0 Å². The van der Waals surface area contributed by atoms with E-state index in [1.54, 1.807) is 22.9 Å². The molecule has 0 atom stereocenters. The molecule has 0 aliphatic heterocycles. The molecule has 0 unspecified atom stereocenters. The van der Waals surface area contributed by atoms with E-state index in [9.17, 15) is 9.59 Å². The Bertz CT molecular complexity index is 1040. The fourth-order valence-corrected chi connectivity index (χ4v) is 3.12. The Morgan fingerprint density at radius 2 is 1.63 bits per heavy atom. The Hall–Kier alpha value is -3.08. The van der Waals surface area contributed by atoms with Gasteiger partial charge in [-0.2, -0.15) is 0 Å². The smallest absolute Gasteiger partial charge is 0.418 e. The molecule has 0 N–H and O–H groups in total. The topological polar surface area (TPSA) is 53.2 Å². The fraction of sp³-hybridized carbons (Fsp3) is 0.273. The number of pyridine rings is 1. The van der Waals surface area contributed by atoms with Crippen molar-refractivity contribution in [3.63, 3.8) is 0 Å². The summed E-state index contributed by atoms with van der Waals surface area (Å²) in [5.74, 6) is 0. The van der Waals surface area contributed by atoms with Gasteiger partial charge in [0, 0.05) is 41.0 Å². The normalized spacial score (nSPS) is 11.4. The highest BCUT2D eigenvalue weighted by molar-refractivity contribution is 5.79. The lowest BCUT2D eigenvalue weighted by Crippen LogP contribution is -2.27. The first-order chi connectivity index (χ1) is 12.7. The molecule has 0 fully saturated rings. The number of hydrogen-bond donors (Lipinski definition) is 0. The second kappa shape index (κ2) is 6.91. The van der Waals surface area contributed by atoms with Gasteiger partial charge in [-0.3, -0.25) is 13.9 Å². The lowest BCUT2D eigenvalue weighted by atomic mass is 10.0. The zero-order valence-electron chi connectivity index (χ0n) is 16.3. The van der Waals surface area contributed by atoms with Gasteiger partial charge >= 0.3 is 6.09 Å². The molecule has 3 aromatic rings. The number of hydrogen-bond acceptors (Lipinski definition) is 3. The summed E-state index contributed by atoms with van der Waals surface area (Å²) in [5, 5.41) is 0. The van der Waals surface area contributed by atoms with Gasteiger partial charge in [-0.1, -0.05) is 18.2 Å². The van der Waals surface area contributed by atoms with Crippen molar-refractivity contribution in [2.75, 3.05) is 0 Å². The van der Waals surface area contributed by atoms with Crippen LogP contribution < -0.4 is 5.56 Å². The van der Waals surface area contributed by atoms with Crippen LogP contribution in [0.3, 0.4) is 0 Å². The minimum absolute atomic E-state index is 0.105. The van der Waals surface area contributed by atoms with Crippen LogP contribution in [-0.2, 0) is 4.74 Å². The van der Waals surface area contributed by atoms with Gasteiger partial charge in [0.25, 0.3) is 5.56 Å². The zero-order valence-corrected chi connectivity index (χ0v) is 16.3. The third kappa shape index (κ3) is 3.87. The number of carbonyl (C=O) groups is 1. The maximum atomic E-state index is 12.5. The van der Waals surface area contributed by atoms with E-state index in [4.69, 9.17) is 4.74 Å². The Labute approximate surface area is 158 Å². The number of carbonyl (C=O) groups excluding carboxylic acids is 1. The van der Waals surface area contributed by atoms with Gasteiger partial charge in [-0.15, -0.1) is 0 Å². The zero-order chi connectivity index (χ0) is 19.8. The van der Waals surface area contributed by atoms with Crippen molar-refractivity contribution in [1.82, 2.24) is 9.13 Å². The van der Waals surface area contributed by atoms with Crippen LogP contribution in [0.15, 0.2) is 59.7 Å². The van der Waals surface area contributed by atoms with Crippen molar-refractivity contribution in [3.05, 3.63) is 76.5 Å². The predicted molar refractivity (Wildman–Crippen MR) is 107 cm³/mol. The highest BCUT2D eigenvalue weighted by Crippen LogP contribution is 2.29. The first kappa shape index (κ1) is 18.7. The molecule has 0 aliphatic carbocycles. The van der Waals surface area contributed by atoms with Crippen LogP contribution in [0.5, 0.6) is 0 Å². The van der Waals surface area contributed by atoms with E-state index >= 15 is 0 Å². The standard InChI is InChI=1S/C22H24N2O3/c1-15-13-23(21(26)27-22(3,4)5)16(2)20(15)17-11-12-19(25)24(14-17)18-9-7-6-8-10-18/h6-14H,1-5H3. The van der Waals surface area contributed by atoms with E-state index in [1.807, 2.05) is 71.1 Å². The monoisotopic (exact) mass is 364 g/mol. The first-order valence-electron chi connectivity index (χ1n) is 8.88. The summed E-state index contributed by atoms with van der Waals surface area (Å²) < 4.78 is 8.62. The van der Waals surface area contributed by atoms with E-state index in [2.05, 4.69) is 0 Å². The first-order valence-corrected chi connectivity index (χ1v) is 8.88. The van der Waals surface area contributed by atoms with Crippen LogP contribution in [0.2, 0.25) is 0 Å². The number of benzene rings is 1. The van der Waals surface area contributed by atoms with Crippen molar-refractivity contribution in [3.8, 4) is 16.8 Å². The summed E-state index contributed by atoms with van der Waals surface area (Å²) in [6, 6.07) is 12.8. The number of ether oxygens (including phenoxy) is 1. The molecule has 0 saturated carbocycles. The molecule has 1 aromatic carbocycles. The molecular weight excluding hydrogens is 340 g/mol. The number of aromatic nitrogens is 2. The molecule has 0 amide bonds. The van der Waals surface area contributed by atoms with Crippen LogP contribution in [0.25, 0.3) is 16.8 Å². The highest BCUT2D eigenvalue weighted by Gasteiger charge is 2.22. The van der Waals surface area contributed by atoms with Gasteiger partial charge in [0.05, 0.1) is 0 Å². The van der Waals surface area contributed by atoms with Gasteiger partial charge in [-0.05, 0) is 58.4 Å². The van der Waals surface area contributed by atoms with E-state index < -0.39 is 11.7 Å². The average molecular weight is 364 g/mol. The molecule has 5 heteroatoms. The summed E-state index contributed by atoms with van der Waals surface area (Å²) in [7, 11) is 0. The van der Waals surface area contributed by atoms with Gasteiger partial charge < -0.3 is 4.74 Å². The summed E-state index contributed by atoms with van der Waals surface area (Å²) in [6.07, 6.45) is 3.18. The molecule has 0 radical (unpaired) electrons. The van der Waals surface area contributed by atoms with Crippen molar-refractivity contribution in [2.45, 2.75) is 40.2 Å². The SMILES string of the molecule is Cc1cn(C(=O)OC(C)(C)C)c(C)c1-c1ccc(=O)n(-c2ccccc2)c1. The summed E-state index contributed by atoms with van der Waals surface area (Å²) in [6.45, 7) is 9.35. The van der Waals surface area contributed by atoms with Crippen molar-refractivity contribution in [1.29, 1.82) is 0 Å². The number of para-hydroxylation sites is 1. The van der Waals surface area contributed by atoms with Crippen LogP contribution in [0.1, 0.15) is 32.0 Å². The maximum Gasteiger partial charge on any atom is 0.418 e. The van der Waals surface area contributed by atoms with E-state index in [-0.39, 0.29) is 5.56 Å². The second-order valence-electron chi connectivity index (χ2n) is 7.58. The molecule has 2 aromatic heterocycles. The van der Waals surface area contributed by atoms with Gasteiger partial charge in [0.2, 0.25) is 0 Å². The Kier molecular flexibility index (Phi) is 4.79. The number of aryl methyl sites for hydroxylation is 1. The van der Waals surface area contributed by atoms with Gasteiger partial charge in [0.15, 0.2) is 0 Å². The van der Waals surface area contributed by atoms with Gasteiger partial charge in [-0.25, -0.2) is 4.79 Å². The molecule has 27 heavy (non-hydrogen) atoms. The van der Waals surface area contributed by atoms with Crippen molar-refractivity contribution >= 4 is 6.09 Å². The highest BCUT2D eigenvalue weighted by atomic mass is 16.6. The van der Waals surface area contributed by atoms with Crippen LogP contribution in [-0.4, -0.2) is 20.8 Å². The molecule has 3 rings (SSSR count). The summed E-state index contributed by atoms with van der Waals surface area (Å²) in [5.41, 5.74) is 3.64. The summed E-state index contributed by atoms with van der Waals surface area (Å²) >= 11 is 0. The quantitative estimate of drug-likeness (QED) is 0.662. The fourth-order valence-electron chi connectivity index (χ4n) is 3.12. The molecule has 0 spiro atoms. The summed E-state index contributed by atoms with van der Waals surface area (Å²) in [4.78, 5) is 24.8. The minimum atomic E-state index is -0.567. The Balaban J connectivity index is 2.08. The number of rotatable bonds is 2. The largest absolute Gasteiger partial charge is 0.443 e. The predicted octanol–water partition coefficient (Wildman–Crippen LogP) is 4.71. The van der Waals surface area contributed by atoms with Crippen molar-refractivity contribution in [2.24, 2.45) is 0 Å². The van der Waals surface area contributed by atoms with Gasteiger partial charge in [0.1, 0.15) is 5.60 Å². The number of nitrogens with zero attached hydrogens (tertiary/aromatic N) is 2.